The predicted octanol–water partition coefficient (Wildman–Crippen LogP) is 6.61. The first-order valence-corrected chi connectivity index (χ1v) is 10.2. The van der Waals surface area contributed by atoms with E-state index in [1.165, 1.54) is 17.7 Å². The second-order valence-electron chi connectivity index (χ2n) is 8.24. The minimum absolute atomic E-state index is 0.0536. The Balaban J connectivity index is 2.77. The molecular weight excluding hydrogens is 337 g/mol. The Morgan fingerprint density at radius 2 is 1.48 bits per heavy atom. The van der Waals surface area contributed by atoms with Crippen LogP contribution in [0.25, 0.3) is 11.1 Å². The van der Waals surface area contributed by atoms with Crippen LogP contribution in [0, 0.1) is 11.7 Å². The number of halogens is 1. The number of pyridine rings is 1. The second kappa shape index (κ2) is 9.45. The summed E-state index contributed by atoms with van der Waals surface area (Å²) in [6.45, 7) is 13.0. The van der Waals surface area contributed by atoms with Crippen LogP contribution in [0.15, 0.2) is 24.3 Å². The van der Waals surface area contributed by atoms with Gasteiger partial charge in [-0.2, -0.15) is 0 Å². The summed E-state index contributed by atoms with van der Waals surface area (Å²) >= 11 is 0. The summed E-state index contributed by atoms with van der Waals surface area (Å²) in [7, 11) is 0. The zero-order valence-corrected chi connectivity index (χ0v) is 17.6. The SMILES string of the molecule is CCC(C)CCc1c(C(C)C)nc(C(C)C)c(CO)c1-c1ccc(F)cc1. The van der Waals surface area contributed by atoms with Gasteiger partial charge in [0.05, 0.1) is 6.61 Å². The fraction of sp³-hybridized carbons (Fsp3) is 0.542. The number of rotatable bonds is 8. The van der Waals surface area contributed by atoms with Gasteiger partial charge < -0.3 is 5.11 Å². The molecule has 1 N–H and O–H groups in total. The zero-order valence-electron chi connectivity index (χ0n) is 17.6. The van der Waals surface area contributed by atoms with Crippen molar-refractivity contribution in [2.75, 3.05) is 0 Å². The third kappa shape index (κ3) is 4.95. The molecule has 1 aromatic carbocycles. The van der Waals surface area contributed by atoms with Gasteiger partial charge in [0.25, 0.3) is 0 Å². The fourth-order valence-corrected chi connectivity index (χ4v) is 3.63. The maximum atomic E-state index is 13.5. The van der Waals surface area contributed by atoms with E-state index in [0.29, 0.717) is 11.8 Å². The van der Waals surface area contributed by atoms with Gasteiger partial charge >= 0.3 is 0 Å². The van der Waals surface area contributed by atoms with Crippen molar-refractivity contribution in [2.24, 2.45) is 5.92 Å². The van der Waals surface area contributed by atoms with E-state index in [4.69, 9.17) is 4.98 Å². The Labute approximate surface area is 163 Å². The van der Waals surface area contributed by atoms with Gasteiger partial charge in [-0.25, -0.2) is 4.39 Å². The lowest BCUT2D eigenvalue weighted by Crippen LogP contribution is -2.13. The van der Waals surface area contributed by atoms with Gasteiger partial charge in [0.15, 0.2) is 0 Å². The first-order valence-electron chi connectivity index (χ1n) is 10.2. The fourth-order valence-electron chi connectivity index (χ4n) is 3.63. The highest BCUT2D eigenvalue weighted by Gasteiger charge is 2.23. The molecule has 3 heteroatoms. The minimum atomic E-state index is -0.243. The Kier molecular flexibility index (Phi) is 7.55. The molecule has 0 amide bonds. The van der Waals surface area contributed by atoms with E-state index in [-0.39, 0.29) is 18.3 Å². The van der Waals surface area contributed by atoms with Gasteiger partial charge in [-0.1, -0.05) is 60.1 Å². The highest BCUT2D eigenvalue weighted by atomic mass is 19.1. The van der Waals surface area contributed by atoms with Crippen LogP contribution in [0.2, 0.25) is 0 Å². The van der Waals surface area contributed by atoms with Crippen molar-refractivity contribution in [2.45, 2.75) is 79.2 Å². The Hall–Kier alpha value is -1.74. The van der Waals surface area contributed by atoms with Gasteiger partial charge in [-0.15, -0.1) is 0 Å². The average molecular weight is 372 g/mol. The van der Waals surface area contributed by atoms with Crippen LogP contribution in [-0.4, -0.2) is 10.1 Å². The molecule has 1 unspecified atom stereocenters. The van der Waals surface area contributed by atoms with E-state index in [1.807, 2.05) is 12.1 Å². The van der Waals surface area contributed by atoms with Gasteiger partial charge in [0, 0.05) is 17.0 Å². The molecule has 0 aliphatic carbocycles. The molecule has 2 aromatic rings. The molecule has 1 heterocycles. The second-order valence-corrected chi connectivity index (χ2v) is 8.24. The lowest BCUT2D eigenvalue weighted by molar-refractivity contribution is 0.279. The molecule has 1 atom stereocenters. The molecule has 2 rings (SSSR count). The van der Waals surface area contributed by atoms with Crippen molar-refractivity contribution < 1.29 is 9.50 Å². The predicted molar refractivity (Wildman–Crippen MR) is 112 cm³/mol. The third-order valence-corrected chi connectivity index (χ3v) is 5.43. The number of aliphatic hydroxyl groups excluding tert-OH is 1. The normalized spacial score (nSPS) is 12.8. The third-order valence-electron chi connectivity index (χ3n) is 5.43. The standard InChI is InChI=1S/C24H34FNO/c1-7-17(6)8-13-20-22(18-9-11-19(25)12-10-18)21(14-27)24(16(4)5)26-23(20)15(2)3/h9-12,15-17,27H,7-8,13-14H2,1-6H3. The molecule has 2 nitrogen and oxygen atoms in total. The molecule has 0 bridgehead atoms. The van der Waals surface area contributed by atoms with E-state index >= 15 is 0 Å². The summed E-state index contributed by atoms with van der Waals surface area (Å²) in [6.07, 6.45) is 3.15. The van der Waals surface area contributed by atoms with Gasteiger partial charge in [0.2, 0.25) is 0 Å². The van der Waals surface area contributed by atoms with Crippen molar-refractivity contribution in [3.8, 4) is 11.1 Å². The van der Waals surface area contributed by atoms with Crippen LogP contribution >= 0.6 is 0 Å². The first-order chi connectivity index (χ1) is 12.8. The van der Waals surface area contributed by atoms with Crippen molar-refractivity contribution in [1.82, 2.24) is 4.98 Å². The van der Waals surface area contributed by atoms with E-state index in [1.54, 1.807) is 0 Å². The number of aliphatic hydroxyl groups is 1. The van der Waals surface area contributed by atoms with Gasteiger partial charge in [0.1, 0.15) is 5.82 Å². The number of aromatic nitrogens is 1. The molecule has 0 saturated carbocycles. The molecule has 0 spiro atoms. The van der Waals surface area contributed by atoms with Crippen LogP contribution in [0.5, 0.6) is 0 Å². The zero-order chi connectivity index (χ0) is 20.1. The van der Waals surface area contributed by atoms with Gasteiger partial charge in [-0.05, 0) is 59.4 Å². The summed E-state index contributed by atoms with van der Waals surface area (Å²) in [5.41, 5.74) is 6.19. The van der Waals surface area contributed by atoms with E-state index in [9.17, 15) is 9.50 Å². The molecule has 0 fully saturated rings. The van der Waals surface area contributed by atoms with Crippen LogP contribution in [0.4, 0.5) is 4.39 Å². The highest BCUT2D eigenvalue weighted by molar-refractivity contribution is 5.73. The number of nitrogens with zero attached hydrogens (tertiary/aromatic N) is 1. The van der Waals surface area contributed by atoms with Gasteiger partial charge in [-0.3, -0.25) is 4.98 Å². The lowest BCUT2D eigenvalue weighted by atomic mass is 9.84. The molecule has 148 valence electrons. The number of benzene rings is 1. The maximum Gasteiger partial charge on any atom is 0.123 e. The molecule has 0 radical (unpaired) electrons. The minimum Gasteiger partial charge on any atom is -0.392 e. The molecule has 1 aromatic heterocycles. The topological polar surface area (TPSA) is 33.1 Å². The van der Waals surface area contributed by atoms with Crippen molar-refractivity contribution in [3.05, 3.63) is 52.6 Å². The van der Waals surface area contributed by atoms with Crippen LogP contribution < -0.4 is 0 Å². The Morgan fingerprint density at radius 3 is 1.96 bits per heavy atom. The average Bonchev–Trinajstić information content (AvgIpc) is 2.65. The summed E-state index contributed by atoms with van der Waals surface area (Å²) in [6, 6.07) is 6.65. The quantitative estimate of drug-likeness (QED) is 0.566. The Morgan fingerprint density at radius 1 is 0.926 bits per heavy atom. The summed E-state index contributed by atoms with van der Waals surface area (Å²) in [5.74, 6) is 0.898. The molecule has 0 aliphatic heterocycles. The van der Waals surface area contributed by atoms with Crippen LogP contribution in [0.3, 0.4) is 0 Å². The number of hydrogen-bond acceptors (Lipinski definition) is 2. The van der Waals surface area contributed by atoms with E-state index in [2.05, 4.69) is 41.5 Å². The van der Waals surface area contributed by atoms with Crippen LogP contribution in [0.1, 0.15) is 88.7 Å². The summed E-state index contributed by atoms with van der Waals surface area (Å²) in [5, 5.41) is 10.2. The smallest absolute Gasteiger partial charge is 0.123 e. The number of hydrogen-bond donors (Lipinski definition) is 1. The molecule has 0 aliphatic rings. The monoisotopic (exact) mass is 371 g/mol. The summed E-state index contributed by atoms with van der Waals surface area (Å²) < 4.78 is 13.5. The Bertz CT molecular complexity index is 750. The largest absolute Gasteiger partial charge is 0.392 e. The van der Waals surface area contributed by atoms with Crippen molar-refractivity contribution in [3.63, 3.8) is 0 Å². The van der Waals surface area contributed by atoms with E-state index < -0.39 is 0 Å². The van der Waals surface area contributed by atoms with Crippen molar-refractivity contribution >= 4 is 0 Å². The first kappa shape index (κ1) is 21.6. The maximum absolute atomic E-state index is 13.5. The van der Waals surface area contributed by atoms with Crippen LogP contribution in [-0.2, 0) is 13.0 Å². The highest BCUT2D eigenvalue weighted by Crippen LogP contribution is 2.37. The summed E-state index contributed by atoms with van der Waals surface area (Å²) in [4.78, 5) is 5.02. The molecule has 27 heavy (non-hydrogen) atoms. The molecule has 0 saturated heterocycles. The lowest BCUT2D eigenvalue weighted by Gasteiger charge is -2.25. The van der Waals surface area contributed by atoms with E-state index in [0.717, 1.165) is 47.3 Å². The van der Waals surface area contributed by atoms with Crippen molar-refractivity contribution in [1.29, 1.82) is 0 Å². The molecular formula is C24H34FNO.